The maximum atomic E-state index is 11.8. The molecule has 10 atom stereocenters. The monoisotopic (exact) mass is 478 g/mol. The number of aliphatic hydroxyl groups excluding tert-OH is 2. The Kier molecular flexibility index (Phi) is 6.46. The van der Waals surface area contributed by atoms with Crippen molar-refractivity contribution in [3.63, 3.8) is 0 Å². The Labute approximate surface area is 208 Å². The normalized spacial score (nSPS) is 50.1. The van der Waals surface area contributed by atoms with Crippen molar-refractivity contribution in [2.45, 2.75) is 143 Å². The zero-order chi connectivity index (χ0) is 25.5. The second-order valence-electron chi connectivity index (χ2n) is 15.4. The Bertz CT molecular complexity index is 768. The lowest BCUT2D eigenvalue weighted by molar-refractivity contribution is -0.246. The molecular formula is C30H54O4. The van der Waals surface area contributed by atoms with Crippen molar-refractivity contribution in [2.24, 2.45) is 45.3 Å². The molecular weight excluding hydrogens is 424 g/mol. The van der Waals surface area contributed by atoms with Crippen LogP contribution in [-0.4, -0.2) is 43.8 Å². The van der Waals surface area contributed by atoms with Crippen LogP contribution in [0.2, 0.25) is 0 Å². The van der Waals surface area contributed by atoms with E-state index in [0.717, 1.165) is 51.4 Å². The fourth-order valence-corrected chi connectivity index (χ4v) is 10.5. The summed E-state index contributed by atoms with van der Waals surface area (Å²) < 4.78 is 0. The number of rotatable bonds is 5. The summed E-state index contributed by atoms with van der Waals surface area (Å²) in [6.07, 6.45) is 8.62. The first-order valence-electron chi connectivity index (χ1n) is 14.2. The molecule has 0 aromatic rings. The quantitative estimate of drug-likeness (QED) is 0.409. The predicted octanol–water partition coefficient (Wildman–Crippen LogP) is 5.70. The lowest BCUT2D eigenvalue weighted by atomic mass is 9.35. The summed E-state index contributed by atoms with van der Waals surface area (Å²) in [5.74, 6) is 1.15. The molecule has 0 aromatic heterocycles. The summed E-state index contributed by atoms with van der Waals surface area (Å²) >= 11 is 0. The van der Waals surface area contributed by atoms with Crippen LogP contribution in [0.1, 0.15) is 120 Å². The highest BCUT2D eigenvalue weighted by Crippen LogP contribution is 2.75. The Morgan fingerprint density at radius 1 is 0.765 bits per heavy atom. The van der Waals surface area contributed by atoms with Crippen LogP contribution in [0.5, 0.6) is 0 Å². The highest BCUT2D eigenvalue weighted by molar-refractivity contribution is 5.19. The first kappa shape index (κ1) is 26.9. The van der Waals surface area contributed by atoms with Gasteiger partial charge in [-0.2, -0.15) is 0 Å². The van der Waals surface area contributed by atoms with Crippen molar-refractivity contribution in [2.75, 3.05) is 0 Å². The second-order valence-corrected chi connectivity index (χ2v) is 15.4. The van der Waals surface area contributed by atoms with Gasteiger partial charge in [-0.05, 0) is 130 Å². The molecule has 4 saturated carbocycles. The lowest BCUT2D eigenvalue weighted by Crippen LogP contribution is -2.66. The van der Waals surface area contributed by atoms with Gasteiger partial charge < -0.3 is 20.4 Å². The third kappa shape index (κ3) is 3.84. The van der Waals surface area contributed by atoms with Gasteiger partial charge in [0.15, 0.2) is 0 Å². The number of aliphatic hydroxyl groups is 4. The van der Waals surface area contributed by atoms with Crippen LogP contribution in [-0.2, 0) is 0 Å². The molecule has 0 radical (unpaired) electrons. The maximum Gasteiger partial charge on any atom is 0.0651 e. The van der Waals surface area contributed by atoms with Crippen LogP contribution in [0.3, 0.4) is 0 Å². The summed E-state index contributed by atoms with van der Waals surface area (Å²) in [5.41, 5.74) is -1.33. The minimum Gasteiger partial charge on any atom is -0.393 e. The third-order valence-corrected chi connectivity index (χ3v) is 12.6. The molecule has 0 bridgehead atoms. The van der Waals surface area contributed by atoms with Gasteiger partial charge in [-0.1, -0.05) is 34.6 Å². The number of hydrogen-bond acceptors (Lipinski definition) is 4. The summed E-state index contributed by atoms with van der Waals surface area (Å²) in [5, 5.41) is 44.5. The van der Waals surface area contributed by atoms with Gasteiger partial charge in [0.25, 0.3) is 0 Å². The summed E-state index contributed by atoms with van der Waals surface area (Å²) in [4.78, 5) is 0. The molecule has 0 aliphatic heterocycles. The van der Waals surface area contributed by atoms with E-state index in [2.05, 4.69) is 34.6 Å². The summed E-state index contributed by atoms with van der Waals surface area (Å²) in [6.45, 7) is 17.6. The van der Waals surface area contributed by atoms with Gasteiger partial charge in [0.2, 0.25) is 0 Å². The van der Waals surface area contributed by atoms with Gasteiger partial charge in [0.1, 0.15) is 0 Å². The van der Waals surface area contributed by atoms with Gasteiger partial charge in [-0.25, -0.2) is 0 Å². The SMILES string of the molecule is CC(C)(O)CCC[C@](C)(O)[C@H]1CC[C@]2(C)C1[C@H](O)CC1[C@@]3(C)CC[C@H](O)C(C)(C)C3CC[C@]12C. The molecule has 3 unspecified atom stereocenters. The van der Waals surface area contributed by atoms with E-state index in [1.165, 1.54) is 0 Å². The standard InChI is InChI=1S/C30H54O4/c1-25(2,33)13-9-14-30(8,34)19-10-16-29(7)24(19)20(31)18-22-27(5)15-12-23(32)26(3,4)21(27)11-17-28(22,29)6/h19-24,31-34H,9-18H2,1-8H3/t19-,20+,21?,22?,23-,24?,27-,28+,29+,30-/m0/s1. The van der Waals surface area contributed by atoms with E-state index < -0.39 is 11.2 Å². The van der Waals surface area contributed by atoms with Crippen molar-refractivity contribution in [1.29, 1.82) is 0 Å². The van der Waals surface area contributed by atoms with Crippen molar-refractivity contribution in [1.82, 2.24) is 0 Å². The van der Waals surface area contributed by atoms with Crippen LogP contribution in [0.4, 0.5) is 0 Å². The minimum absolute atomic E-state index is 0.00836. The molecule has 0 spiro atoms. The molecule has 198 valence electrons. The Morgan fingerprint density at radius 3 is 2.00 bits per heavy atom. The number of fused-ring (bicyclic) bond motifs is 5. The molecule has 4 fully saturated rings. The zero-order valence-electron chi connectivity index (χ0n) is 23.3. The van der Waals surface area contributed by atoms with Gasteiger partial charge in [-0.15, -0.1) is 0 Å². The van der Waals surface area contributed by atoms with Crippen molar-refractivity contribution in [3.05, 3.63) is 0 Å². The molecule has 4 heteroatoms. The fourth-order valence-electron chi connectivity index (χ4n) is 10.5. The first-order valence-corrected chi connectivity index (χ1v) is 14.2. The van der Waals surface area contributed by atoms with Crippen LogP contribution >= 0.6 is 0 Å². The van der Waals surface area contributed by atoms with E-state index in [4.69, 9.17) is 0 Å². The van der Waals surface area contributed by atoms with Gasteiger partial charge in [0, 0.05) is 0 Å². The summed E-state index contributed by atoms with van der Waals surface area (Å²) in [6, 6.07) is 0. The van der Waals surface area contributed by atoms with Gasteiger partial charge in [0.05, 0.1) is 23.4 Å². The Hall–Kier alpha value is -0.160. The topological polar surface area (TPSA) is 80.9 Å². The minimum atomic E-state index is -0.824. The molecule has 0 amide bonds. The zero-order valence-corrected chi connectivity index (χ0v) is 23.3. The van der Waals surface area contributed by atoms with Crippen LogP contribution in [0.25, 0.3) is 0 Å². The Balaban J connectivity index is 1.62. The predicted molar refractivity (Wildman–Crippen MR) is 137 cm³/mol. The molecule has 4 nitrogen and oxygen atoms in total. The van der Waals surface area contributed by atoms with Crippen LogP contribution in [0.15, 0.2) is 0 Å². The molecule has 4 rings (SSSR count). The third-order valence-electron chi connectivity index (χ3n) is 12.6. The Morgan fingerprint density at radius 2 is 1.38 bits per heavy atom. The van der Waals surface area contributed by atoms with Crippen LogP contribution < -0.4 is 0 Å². The number of hydrogen-bond donors (Lipinski definition) is 4. The summed E-state index contributed by atoms with van der Waals surface area (Å²) in [7, 11) is 0. The van der Waals surface area contributed by atoms with Crippen molar-refractivity contribution >= 4 is 0 Å². The molecule has 0 saturated heterocycles. The van der Waals surface area contributed by atoms with E-state index in [-0.39, 0.29) is 45.7 Å². The molecule has 4 aliphatic carbocycles. The highest BCUT2D eigenvalue weighted by atomic mass is 16.3. The largest absolute Gasteiger partial charge is 0.393 e. The van der Waals surface area contributed by atoms with Crippen molar-refractivity contribution < 1.29 is 20.4 Å². The van der Waals surface area contributed by atoms with E-state index in [9.17, 15) is 20.4 Å². The van der Waals surface area contributed by atoms with E-state index in [1.54, 1.807) is 0 Å². The van der Waals surface area contributed by atoms with Crippen molar-refractivity contribution in [3.8, 4) is 0 Å². The molecule has 4 N–H and O–H groups in total. The van der Waals surface area contributed by atoms with Gasteiger partial charge in [-0.3, -0.25) is 0 Å². The van der Waals surface area contributed by atoms with E-state index >= 15 is 0 Å². The first-order chi connectivity index (χ1) is 15.4. The lowest BCUT2D eigenvalue weighted by Gasteiger charge is -2.70. The molecule has 0 heterocycles. The van der Waals surface area contributed by atoms with Crippen LogP contribution in [0, 0.1) is 45.3 Å². The average molecular weight is 479 g/mol. The highest BCUT2D eigenvalue weighted by Gasteiger charge is 2.71. The molecule has 34 heavy (non-hydrogen) atoms. The van der Waals surface area contributed by atoms with E-state index in [0.29, 0.717) is 24.7 Å². The molecule has 4 aliphatic rings. The maximum absolute atomic E-state index is 11.8. The smallest absolute Gasteiger partial charge is 0.0651 e. The van der Waals surface area contributed by atoms with Gasteiger partial charge >= 0.3 is 0 Å². The average Bonchev–Trinajstić information content (AvgIpc) is 3.07. The van der Waals surface area contributed by atoms with E-state index in [1.807, 2.05) is 20.8 Å². The fraction of sp³-hybridized carbons (Fsp3) is 1.00. The molecule has 0 aromatic carbocycles. The second kappa shape index (κ2) is 8.17.